The lowest BCUT2D eigenvalue weighted by Gasteiger charge is -2.34. The second-order valence-corrected chi connectivity index (χ2v) is 11.6. The van der Waals surface area contributed by atoms with Crippen LogP contribution in [0.4, 0.5) is 10.1 Å². The van der Waals surface area contributed by atoms with Crippen molar-refractivity contribution in [2.75, 3.05) is 31.5 Å². The van der Waals surface area contributed by atoms with E-state index in [1.54, 1.807) is 0 Å². The number of rotatable bonds is 12. The molecule has 1 fully saturated rings. The molecule has 10 heteroatoms. The molecule has 0 radical (unpaired) electrons. The van der Waals surface area contributed by atoms with Gasteiger partial charge < -0.3 is 10.2 Å². The first-order chi connectivity index (χ1) is 17.6. The van der Waals surface area contributed by atoms with Gasteiger partial charge in [0.1, 0.15) is 18.4 Å². The van der Waals surface area contributed by atoms with Gasteiger partial charge in [0.25, 0.3) is 0 Å². The van der Waals surface area contributed by atoms with Crippen molar-refractivity contribution in [2.24, 2.45) is 0 Å². The molecule has 0 bridgehead atoms. The first-order valence-corrected chi connectivity index (χ1v) is 14.1. The fourth-order valence-electron chi connectivity index (χ4n) is 4.59. The van der Waals surface area contributed by atoms with E-state index in [0.717, 1.165) is 52.0 Å². The second kappa shape index (κ2) is 13.0. The van der Waals surface area contributed by atoms with Crippen molar-refractivity contribution >= 4 is 27.7 Å². The first-order valence-electron chi connectivity index (χ1n) is 12.7. The molecule has 37 heavy (non-hydrogen) atoms. The third kappa shape index (κ3) is 7.52. The van der Waals surface area contributed by atoms with Crippen molar-refractivity contribution < 1.29 is 22.4 Å². The topological polar surface area (TPSA) is 90.0 Å². The van der Waals surface area contributed by atoms with Crippen LogP contribution in [0, 0.1) is 5.82 Å². The molecule has 0 unspecified atom stereocenters. The summed E-state index contributed by atoms with van der Waals surface area (Å²) in [5, 5.41) is 3.09. The molecule has 2 aromatic rings. The van der Waals surface area contributed by atoms with Gasteiger partial charge >= 0.3 is 10.2 Å². The molecule has 1 N–H and O–H groups in total. The first kappa shape index (κ1) is 28.6. The number of nitrogens with zero attached hydrogens (tertiary/aromatic N) is 3. The third-order valence-electron chi connectivity index (χ3n) is 6.71. The zero-order valence-corrected chi connectivity index (χ0v) is 22.6. The lowest BCUT2D eigenvalue weighted by atomic mass is 10.1. The summed E-state index contributed by atoms with van der Waals surface area (Å²) in [5.41, 5.74) is 1.16. The molecule has 2 aromatic carbocycles. The summed E-state index contributed by atoms with van der Waals surface area (Å²) in [4.78, 5) is 28.6. The Balaban J connectivity index is 1.90. The molecule has 1 atom stereocenters. The third-order valence-corrected chi connectivity index (χ3v) is 8.52. The summed E-state index contributed by atoms with van der Waals surface area (Å²) in [7, 11) is -1.34. The minimum Gasteiger partial charge on any atom is -0.352 e. The largest absolute Gasteiger partial charge is 0.352 e. The van der Waals surface area contributed by atoms with Gasteiger partial charge in [0.2, 0.25) is 11.8 Å². The highest BCUT2D eigenvalue weighted by Gasteiger charge is 2.34. The van der Waals surface area contributed by atoms with Gasteiger partial charge in [0.15, 0.2) is 0 Å². The normalized spacial score (nSPS) is 14.9. The summed E-state index contributed by atoms with van der Waals surface area (Å²) in [5.74, 6) is -1.24. The zero-order chi connectivity index (χ0) is 27.0. The molecule has 0 spiro atoms. The van der Waals surface area contributed by atoms with Crippen molar-refractivity contribution in [1.82, 2.24) is 14.5 Å². The van der Waals surface area contributed by atoms with Gasteiger partial charge in [-0.15, -0.1) is 0 Å². The van der Waals surface area contributed by atoms with E-state index in [1.165, 1.54) is 31.1 Å². The standard InChI is InChI=1S/C27H37FN4O4S/c1-4-25(27(34)29-23-12-8-9-13-23)31(19-18-21-10-6-5-7-11-21)26(33)20-32(37(35,36)30(2)3)24-16-14-22(28)15-17-24/h5-7,10-11,14-17,23,25H,4,8-9,12-13,18-20H2,1-3H3,(H,29,34)/t25-/m0/s1. The van der Waals surface area contributed by atoms with Crippen molar-refractivity contribution in [3.05, 3.63) is 66.0 Å². The van der Waals surface area contributed by atoms with Crippen molar-refractivity contribution in [2.45, 2.75) is 57.5 Å². The van der Waals surface area contributed by atoms with E-state index in [4.69, 9.17) is 0 Å². The van der Waals surface area contributed by atoms with Crippen LogP contribution in [0.5, 0.6) is 0 Å². The number of nitrogens with one attached hydrogen (secondary N) is 1. The quantitative estimate of drug-likeness (QED) is 0.454. The smallest absolute Gasteiger partial charge is 0.304 e. The number of carbonyl (C=O) groups is 2. The van der Waals surface area contributed by atoms with E-state index >= 15 is 0 Å². The summed E-state index contributed by atoms with van der Waals surface area (Å²) >= 11 is 0. The monoisotopic (exact) mass is 532 g/mol. The van der Waals surface area contributed by atoms with E-state index < -0.39 is 34.5 Å². The molecular weight excluding hydrogens is 495 g/mol. The van der Waals surface area contributed by atoms with Gasteiger partial charge in [-0.2, -0.15) is 12.7 Å². The molecule has 0 aliphatic heterocycles. The van der Waals surface area contributed by atoms with Crippen LogP contribution in [0.1, 0.15) is 44.6 Å². The molecule has 1 aliphatic carbocycles. The number of hydrogen-bond acceptors (Lipinski definition) is 4. The maximum atomic E-state index is 13.8. The van der Waals surface area contributed by atoms with Crippen molar-refractivity contribution in [3.8, 4) is 0 Å². The number of benzene rings is 2. The number of anilines is 1. The Labute approximate surface area is 219 Å². The highest BCUT2D eigenvalue weighted by molar-refractivity contribution is 7.90. The fraction of sp³-hybridized carbons (Fsp3) is 0.481. The Hall–Kier alpha value is -2.98. The molecular formula is C27H37FN4O4S. The summed E-state index contributed by atoms with van der Waals surface area (Å²) in [6.07, 6.45) is 4.85. The summed E-state index contributed by atoms with van der Waals surface area (Å²) in [6.45, 7) is 1.57. The second-order valence-electron chi connectivity index (χ2n) is 9.51. The summed E-state index contributed by atoms with van der Waals surface area (Å²) < 4.78 is 41.8. The van der Waals surface area contributed by atoms with Gasteiger partial charge in [0.05, 0.1) is 5.69 Å². The Morgan fingerprint density at radius 3 is 2.22 bits per heavy atom. The zero-order valence-electron chi connectivity index (χ0n) is 21.8. The van der Waals surface area contributed by atoms with Gasteiger partial charge in [0, 0.05) is 26.7 Å². The SMILES string of the molecule is CC[C@@H](C(=O)NC1CCCC1)N(CCc1ccccc1)C(=O)CN(c1ccc(F)cc1)S(=O)(=O)N(C)C. The van der Waals surface area contributed by atoms with E-state index in [1.807, 2.05) is 37.3 Å². The molecule has 0 saturated heterocycles. The molecule has 1 saturated carbocycles. The van der Waals surface area contributed by atoms with Crippen molar-refractivity contribution in [1.29, 1.82) is 0 Å². The van der Waals surface area contributed by atoms with E-state index in [2.05, 4.69) is 5.32 Å². The maximum absolute atomic E-state index is 13.8. The van der Waals surface area contributed by atoms with Crippen LogP contribution >= 0.6 is 0 Å². The van der Waals surface area contributed by atoms with E-state index in [-0.39, 0.29) is 24.2 Å². The van der Waals surface area contributed by atoms with Gasteiger partial charge in [-0.05, 0) is 55.5 Å². The van der Waals surface area contributed by atoms with Crippen LogP contribution in [-0.2, 0) is 26.2 Å². The highest BCUT2D eigenvalue weighted by atomic mass is 32.2. The lowest BCUT2D eigenvalue weighted by molar-refractivity contribution is -0.139. The Kier molecular flexibility index (Phi) is 10.0. The molecule has 3 rings (SSSR count). The van der Waals surface area contributed by atoms with Crippen LogP contribution in [-0.4, -0.2) is 68.7 Å². The Morgan fingerprint density at radius 2 is 1.65 bits per heavy atom. The van der Waals surface area contributed by atoms with Gasteiger partial charge in [-0.1, -0.05) is 50.1 Å². The number of amides is 2. The highest BCUT2D eigenvalue weighted by Crippen LogP contribution is 2.22. The van der Waals surface area contributed by atoms with Crippen LogP contribution in [0.3, 0.4) is 0 Å². The molecule has 202 valence electrons. The lowest BCUT2D eigenvalue weighted by Crippen LogP contribution is -2.55. The molecule has 1 aliphatic rings. The maximum Gasteiger partial charge on any atom is 0.304 e. The molecule has 0 heterocycles. The average Bonchev–Trinajstić information content (AvgIpc) is 3.39. The predicted octanol–water partition coefficient (Wildman–Crippen LogP) is 3.35. The molecule has 8 nitrogen and oxygen atoms in total. The number of hydrogen-bond donors (Lipinski definition) is 1. The Morgan fingerprint density at radius 1 is 1.03 bits per heavy atom. The van der Waals surface area contributed by atoms with Crippen LogP contribution in [0.15, 0.2) is 54.6 Å². The van der Waals surface area contributed by atoms with Gasteiger partial charge in [-0.25, -0.2) is 8.70 Å². The van der Waals surface area contributed by atoms with E-state index in [0.29, 0.717) is 12.8 Å². The minimum absolute atomic E-state index is 0.0949. The van der Waals surface area contributed by atoms with Crippen LogP contribution < -0.4 is 9.62 Å². The van der Waals surface area contributed by atoms with Crippen molar-refractivity contribution in [3.63, 3.8) is 0 Å². The predicted molar refractivity (Wildman–Crippen MR) is 143 cm³/mol. The molecule has 2 amide bonds. The average molecular weight is 533 g/mol. The van der Waals surface area contributed by atoms with Crippen LogP contribution in [0.2, 0.25) is 0 Å². The van der Waals surface area contributed by atoms with E-state index in [9.17, 15) is 22.4 Å². The number of carbonyl (C=O) groups excluding carboxylic acids is 2. The fourth-order valence-corrected chi connectivity index (χ4v) is 5.64. The summed E-state index contributed by atoms with van der Waals surface area (Å²) in [6, 6.07) is 13.9. The Bertz CT molecular complexity index is 1140. The molecule has 0 aromatic heterocycles. The van der Waals surface area contributed by atoms with Gasteiger partial charge in [-0.3, -0.25) is 9.59 Å². The number of halogens is 1. The van der Waals surface area contributed by atoms with Crippen LogP contribution in [0.25, 0.3) is 0 Å². The minimum atomic E-state index is -4.08.